The lowest BCUT2D eigenvalue weighted by Crippen LogP contribution is -2.31. The van der Waals surface area contributed by atoms with Gasteiger partial charge in [-0.15, -0.1) is 0 Å². The van der Waals surface area contributed by atoms with Gasteiger partial charge in [-0.2, -0.15) is 0 Å². The number of likely N-dealkylation sites (N-methyl/N-ethyl adjacent to an activating group) is 1. The molecular formula is C15H21Cl2N. The van der Waals surface area contributed by atoms with Crippen LogP contribution >= 0.6 is 23.2 Å². The first-order chi connectivity index (χ1) is 8.56. The number of nitrogens with one attached hydrogen (secondary N) is 1. The van der Waals surface area contributed by atoms with E-state index < -0.39 is 0 Å². The van der Waals surface area contributed by atoms with E-state index in [1.54, 1.807) is 0 Å². The summed E-state index contributed by atoms with van der Waals surface area (Å²) in [6.45, 7) is 9.31. The SMILES string of the molecule is C=C(CC)CC(Cc1ccc(Cl)c(Cl)c1)NCC. The van der Waals surface area contributed by atoms with Crippen molar-refractivity contribution in [2.24, 2.45) is 0 Å². The van der Waals surface area contributed by atoms with Gasteiger partial charge in [0.05, 0.1) is 10.0 Å². The highest BCUT2D eigenvalue weighted by atomic mass is 35.5. The van der Waals surface area contributed by atoms with Crippen molar-refractivity contribution < 1.29 is 0 Å². The van der Waals surface area contributed by atoms with Crippen LogP contribution in [0.25, 0.3) is 0 Å². The molecule has 100 valence electrons. The molecule has 0 aliphatic heterocycles. The van der Waals surface area contributed by atoms with Crippen molar-refractivity contribution in [3.63, 3.8) is 0 Å². The van der Waals surface area contributed by atoms with Crippen molar-refractivity contribution in [1.29, 1.82) is 0 Å². The largest absolute Gasteiger partial charge is 0.314 e. The lowest BCUT2D eigenvalue weighted by atomic mass is 9.98. The quantitative estimate of drug-likeness (QED) is 0.705. The number of rotatable bonds is 7. The third kappa shape index (κ3) is 5.01. The zero-order valence-corrected chi connectivity index (χ0v) is 12.6. The molecule has 1 N–H and O–H groups in total. The van der Waals surface area contributed by atoms with Crippen molar-refractivity contribution in [3.05, 3.63) is 46.0 Å². The zero-order valence-electron chi connectivity index (χ0n) is 11.1. The summed E-state index contributed by atoms with van der Waals surface area (Å²) in [6.07, 6.45) is 2.98. The molecule has 3 heteroatoms. The number of hydrogen-bond acceptors (Lipinski definition) is 1. The van der Waals surface area contributed by atoms with Crippen LogP contribution in [0, 0.1) is 0 Å². The van der Waals surface area contributed by atoms with E-state index in [0.717, 1.165) is 25.8 Å². The van der Waals surface area contributed by atoms with E-state index in [0.29, 0.717) is 16.1 Å². The second kappa shape index (κ2) is 7.83. The molecule has 0 saturated heterocycles. The van der Waals surface area contributed by atoms with Gasteiger partial charge in [-0.25, -0.2) is 0 Å². The lowest BCUT2D eigenvalue weighted by Gasteiger charge is -2.19. The van der Waals surface area contributed by atoms with Crippen LogP contribution in [0.3, 0.4) is 0 Å². The first-order valence-corrected chi connectivity index (χ1v) is 7.16. The number of benzene rings is 1. The van der Waals surface area contributed by atoms with Crippen LogP contribution in [-0.2, 0) is 6.42 Å². The van der Waals surface area contributed by atoms with E-state index in [-0.39, 0.29) is 0 Å². The molecule has 1 nitrogen and oxygen atoms in total. The Labute approximate surface area is 120 Å². The van der Waals surface area contributed by atoms with Crippen molar-refractivity contribution in [2.75, 3.05) is 6.54 Å². The predicted octanol–water partition coefficient (Wildman–Crippen LogP) is 4.87. The van der Waals surface area contributed by atoms with Gasteiger partial charge in [-0.05, 0) is 43.5 Å². The van der Waals surface area contributed by atoms with Gasteiger partial charge in [0.2, 0.25) is 0 Å². The third-order valence-corrected chi connectivity index (χ3v) is 3.73. The Balaban J connectivity index is 2.69. The van der Waals surface area contributed by atoms with Gasteiger partial charge in [0.25, 0.3) is 0 Å². The van der Waals surface area contributed by atoms with Gasteiger partial charge in [0.1, 0.15) is 0 Å². The zero-order chi connectivity index (χ0) is 13.5. The molecule has 0 bridgehead atoms. The van der Waals surface area contributed by atoms with Crippen LogP contribution in [0.1, 0.15) is 32.3 Å². The summed E-state index contributed by atoms with van der Waals surface area (Å²) >= 11 is 12.0. The molecule has 18 heavy (non-hydrogen) atoms. The van der Waals surface area contributed by atoms with Crippen LogP contribution in [-0.4, -0.2) is 12.6 Å². The maximum atomic E-state index is 6.04. The Bertz CT molecular complexity index is 401. The summed E-state index contributed by atoms with van der Waals surface area (Å²) < 4.78 is 0. The molecule has 0 heterocycles. The summed E-state index contributed by atoms with van der Waals surface area (Å²) in [5.41, 5.74) is 2.49. The van der Waals surface area contributed by atoms with Crippen LogP contribution in [0.4, 0.5) is 0 Å². The molecular weight excluding hydrogens is 265 g/mol. The molecule has 0 aromatic heterocycles. The van der Waals surface area contributed by atoms with Crippen molar-refractivity contribution >= 4 is 23.2 Å². The highest BCUT2D eigenvalue weighted by molar-refractivity contribution is 6.42. The Kier molecular flexibility index (Phi) is 6.77. The molecule has 0 aliphatic carbocycles. The summed E-state index contributed by atoms with van der Waals surface area (Å²) in [4.78, 5) is 0. The van der Waals surface area contributed by atoms with E-state index >= 15 is 0 Å². The van der Waals surface area contributed by atoms with E-state index in [1.807, 2.05) is 18.2 Å². The normalized spacial score (nSPS) is 12.4. The smallest absolute Gasteiger partial charge is 0.0595 e. The molecule has 1 rings (SSSR count). The number of halogens is 2. The monoisotopic (exact) mass is 285 g/mol. The average molecular weight is 286 g/mol. The van der Waals surface area contributed by atoms with Gasteiger partial charge in [-0.1, -0.05) is 55.3 Å². The molecule has 0 amide bonds. The summed E-state index contributed by atoms with van der Waals surface area (Å²) in [7, 11) is 0. The van der Waals surface area contributed by atoms with E-state index in [9.17, 15) is 0 Å². The van der Waals surface area contributed by atoms with Gasteiger partial charge >= 0.3 is 0 Å². The van der Waals surface area contributed by atoms with Crippen LogP contribution in [0.2, 0.25) is 10.0 Å². The predicted molar refractivity (Wildman–Crippen MR) is 81.7 cm³/mol. The highest BCUT2D eigenvalue weighted by Gasteiger charge is 2.10. The molecule has 1 aromatic carbocycles. The van der Waals surface area contributed by atoms with E-state index in [2.05, 4.69) is 25.7 Å². The number of hydrogen-bond donors (Lipinski definition) is 1. The van der Waals surface area contributed by atoms with Gasteiger partial charge in [-0.3, -0.25) is 0 Å². The van der Waals surface area contributed by atoms with Crippen LogP contribution in [0.5, 0.6) is 0 Å². The maximum Gasteiger partial charge on any atom is 0.0595 e. The fraction of sp³-hybridized carbons (Fsp3) is 0.467. The topological polar surface area (TPSA) is 12.0 Å². The second-order valence-corrected chi connectivity index (χ2v) is 5.33. The van der Waals surface area contributed by atoms with Gasteiger partial charge in [0, 0.05) is 6.04 Å². The molecule has 1 atom stereocenters. The standard InChI is InChI=1S/C15H21Cl2N/c1-4-11(3)8-13(18-5-2)9-12-6-7-14(16)15(17)10-12/h6-7,10,13,18H,3-5,8-9H2,1-2H3. The third-order valence-electron chi connectivity index (χ3n) is 2.99. The Morgan fingerprint density at radius 3 is 2.56 bits per heavy atom. The summed E-state index contributed by atoms with van der Waals surface area (Å²) in [5.74, 6) is 0. The molecule has 0 saturated carbocycles. The first-order valence-electron chi connectivity index (χ1n) is 6.40. The summed E-state index contributed by atoms with van der Waals surface area (Å²) in [5, 5.41) is 4.73. The Morgan fingerprint density at radius 2 is 2.00 bits per heavy atom. The molecule has 1 aromatic rings. The fourth-order valence-electron chi connectivity index (χ4n) is 1.95. The van der Waals surface area contributed by atoms with Gasteiger partial charge < -0.3 is 5.32 Å². The lowest BCUT2D eigenvalue weighted by molar-refractivity contribution is 0.516. The second-order valence-electron chi connectivity index (χ2n) is 4.51. The maximum absolute atomic E-state index is 6.04. The average Bonchev–Trinajstić information content (AvgIpc) is 2.34. The molecule has 1 unspecified atom stereocenters. The molecule has 0 radical (unpaired) electrons. The van der Waals surface area contributed by atoms with Crippen molar-refractivity contribution in [2.45, 2.75) is 39.2 Å². The first kappa shape index (κ1) is 15.6. The van der Waals surface area contributed by atoms with Crippen molar-refractivity contribution in [1.82, 2.24) is 5.32 Å². The molecule has 0 spiro atoms. The van der Waals surface area contributed by atoms with Crippen LogP contribution in [0.15, 0.2) is 30.4 Å². The molecule has 0 aliphatic rings. The van der Waals surface area contributed by atoms with Crippen molar-refractivity contribution in [3.8, 4) is 0 Å². The van der Waals surface area contributed by atoms with Crippen LogP contribution < -0.4 is 5.32 Å². The minimum Gasteiger partial charge on any atom is -0.314 e. The van der Waals surface area contributed by atoms with Gasteiger partial charge in [0.15, 0.2) is 0 Å². The van der Waals surface area contributed by atoms with E-state index in [4.69, 9.17) is 23.2 Å². The Morgan fingerprint density at radius 1 is 1.28 bits per heavy atom. The fourth-order valence-corrected chi connectivity index (χ4v) is 2.27. The minimum absolute atomic E-state index is 0.416. The minimum atomic E-state index is 0.416. The summed E-state index contributed by atoms with van der Waals surface area (Å²) in [6, 6.07) is 6.26. The Hall–Kier alpha value is -0.500. The highest BCUT2D eigenvalue weighted by Crippen LogP contribution is 2.23. The van der Waals surface area contributed by atoms with E-state index in [1.165, 1.54) is 11.1 Å². The molecule has 0 fully saturated rings.